The first kappa shape index (κ1) is 11.7. The highest BCUT2D eigenvalue weighted by Crippen LogP contribution is 2.26. The Labute approximate surface area is 88.9 Å². The minimum Gasteiger partial charge on any atom is -0.476 e. The zero-order chi connectivity index (χ0) is 11.3. The molecule has 0 aliphatic carbocycles. The summed E-state index contributed by atoms with van der Waals surface area (Å²) in [5.74, 6) is -0.791. The second-order valence-corrected chi connectivity index (χ2v) is 3.64. The fraction of sp³-hybridized carbons (Fsp3) is 0.700. The summed E-state index contributed by atoms with van der Waals surface area (Å²) in [5.41, 5.74) is 0.674. The largest absolute Gasteiger partial charge is 0.476 e. The molecule has 0 unspecified atom stereocenters. The molecule has 0 saturated heterocycles. The van der Waals surface area contributed by atoms with Crippen LogP contribution in [0.5, 0.6) is 0 Å². The molecular weight excluding hydrogens is 194 g/mol. The fourth-order valence-corrected chi connectivity index (χ4v) is 1.80. The summed E-state index contributed by atoms with van der Waals surface area (Å²) in [6, 6.07) is 0. The molecule has 0 spiro atoms. The van der Waals surface area contributed by atoms with Crippen LogP contribution in [0, 0.1) is 0 Å². The van der Waals surface area contributed by atoms with Gasteiger partial charge in [0, 0.05) is 5.92 Å². The SMILES string of the molecule is CCCC(CCC)c1n[nH]nc1C(=O)O. The molecular formula is C10H17N3O2. The number of aromatic carboxylic acids is 1. The summed E-state index contributed by atoms with van der Waals surface area (Å²) < 4.78 is 0. The highest BCUT2D eigenvalue weighted by molar-refractivity contribution is 5.86. The number of carbonyl (C=O) groups is 1. The van der Waals surface area contributed by atoms with Gasteiger partial charge in [-0.1, -0.05) is 26.7 Å². The third kappa shape index (κ3) is 2.78. The maximum Gasteiger partial charge on any atom is 0.358 e. The molecule has 1 aromatic heterocycles. The normalized spacial score (nSPS) is 10.9. The lowest BCUT2D eigenvalue weighted by atomic mass is 9.93. The van der Waals surface area contributed by atoms with E-state index in [9.17, 15) is 4.79 Å². The van der Waals surface area contributed by atoms with Gasteiger partial charge in [-0.3, -0.25) is 0 Å². The second-order valence-electron chi connectivity index (χ2n) is 3.64. The number of nitrogens with one attached hydrogen (secondary N) is 1. The molecule has 0 aliphatic rings. The van der Waals surface area contributed by atoms with Crippen LogP contribution in [0.1, 0.15) is 61.6 Å². The summed E-state index contributed by atoms with van der Waals surface area (Å²) >= 11 is 0. The summed E-state index contributed by atoms with van der Waals surface area (Å²) in [5, 5.41) is 18.9. The van der Waals surface area contributed by atoms with Crippen molar-refractivity contribution in [1.29, 1.82) is 0 Å². The first-order valence-corrected chi connectivity index (χ1v) is 5.34. The number of rotatable bonds is 6. The van der Waals surface area contributed by atoms with Crippen LogP contribution in [-0.2, 0) is 0 Å². The van der Waals surface area contributed by atoms with Gasteiger partial charge >= 0.3 is 5.97 Å². The van der Waals surface area contributed by atoms with Gasteiger partial charge in [0.1, 0.15) is 5.69 Å². The van der Waals surface area contributed by atoms with E-state index in [1.165, 1.54) is 0 Å². The molecule has 0 amide bonds. The molecule has 0 bridgehead atoms. The van der Waals surface area contributed by atoms with E-state index in [1.807, 2.05) is 0 Å². The average molecular weight is 211 g/mol. The average Bonchev–Trinajstić information content (AvgIpc) is 2.65. The highest BCUT2D eigenvalue weighted by Gasteiger charge is 2.22. The van der Waals surface area contributed by atoms with Crippen molar-refractivity contribution >= 4 is 5.97 Å². The van der Waals surface area contributed by atoms with E-state index in [4.69, 9.17) is 5.11 Å². The van der Waals surface area contributed by atoms with E-state index in [0.29, 0.717) is 5.69 Å². The van der Waals surface area contributed by atoms with E-state index >= 15 is 0 Å². The van der Waals surface area contributed by atoms with Crippen molar-refractivity contribution < 1.29 is 9.90 Å². The standard InChI is InChI=1S/C10H17N3O2/c1-3-5-7(6-4-2)8-9(10(14)15)12-13-11-8/h7H,3-6H2,1-2H3,(H,14,15)(H,11,12,13). The molecule has 0 saturated carbocycles. The number of hydrogen-bond acceptors (Lipinski definition) is 3. The molecule has 0 aliphatic heterocycles. The lowest BCUT2D eigenvalue weighted by Crippen LogP contribution is -2.07. The monoisotopic (exact) mass is 211 g/mol. The van der Waals surface area contributed by atoms with Crippen LogP contribution in [0.2, 0.25) is 0 Å². The Bertz CT molecular complexity index is 316. The number of hydrogen-bond donors (Lipinski definition) is 2. The molecule has 2 N–H and O–H groups in total. The van der Waals surface area contributed by atoms with Gasteiger partial charge in [0.15, 0.2) is 5.69 Å². The molecule has 1 heterocycles. The molecule has 84 valence electrons. The molecule has 0 aromatic carbocycles. The molecule has 15 heavy (non-hydrogen) atoms. The molecule has 1 rings (SSSR count). The van der Waals surface area contributed by atoms with Gasteiger partial charge in [-0.25, -0.2) is 4.79 Å². The van der Waals surface area contributed by atoms with E-state index in [-0.39, 0.29) is 11.6 Å². The van der Waals surface area contributed by atoms with Crippen LogP contribution in [0.4, 0.5) is 0 Å². The van der Waals surface area contributed by atoms with Crippen molar-refractivity contribution in [3.8, 4) is 0 Å². The smallest absolute Gasteiger partial charge is 0.358 e. The van der Waals surface area contributed by atoms with E-state index < -0.39 is 5.97 Å². The lowest BCUT2D eigenvalue weighted by molar-refractivity contribution is 0.0688. The van der Waals surface area contributed by atoms with Crippen LogP contribution in [-0.4, -0.2) is 26.5 Å². The Morgan fingerprint density at radius 3 is 2.40 bits per heavy atom. The summed E-state index contributed by atoms with van der Waals surface area (Å²) in [6.07, 6.45) is 3.97. The minimum absolute atomic E-state index is 0.0712. The van der Waals surface area contributed by atoms with Crippen LogP contribution in [0.15, 0.2) is 0 Å². The molecule has 5 nitrogen and oxygen atoms in total. The van der Waals surface area contributed by atoms with Gasteiger partial charge in [-0.05, 0) is 12.8 Å². The highest BCUT2D eigenvalue weighted by atomic mass is 16.4. The second kappa shape index (κ2) is 5.48. The first-order valence-electron chi connectivity index (χ1n) is 5.34. The van der Waals surface area contributed by atoms with Crippen molar-refractivity contribution in [3.63, 3.8) is 0 Å². The maximum absolute atomic E-state index is 10.9. The third-order valence-electron chi connectivity index (χ3n) is 2.44. The van der Waals surface area contributed by atoms with Gasteiger partial charge in [0.25, 0.3) is 0 Å². The predicted molar refractivity (Wildman–Crippen MR) is 55.9 cm³/mol. The van der Waals surface area contributed by atoms with Gasteiger partial charge < -0.3 is 5.11 Å². The molecule has 1 aromatic rings. The van der Waals surface area contributed by atoms with Crippen LogP contribution in [0.3, 0.4) is 0 Å². The molecule has 0 fully saturated rings. The van der Waals surface area contributed by atoms with E-state index in [0.717, 1.165) is 25.7 Å². The lowest BCUT2D eigenvalue weighted by Gasteiger charge is -2.12. The van der Waals surface area contributed by atoms with E-state index in [1.54, 1.807) is 0 Å². The van der Waals surface area contributed by atoms with Crippen LogP contribution in [0.25, 0.3) is 0 Å². The maximum atomic E-state index is 10.9. The number of H-pyrrole nitrogens is 1. The van der Waals surface area contributed by atoms with Crippen LogP contribution < -0.4 is 0 Å². The Kier molecular flexibility index (Phi) is 4.27. The predicted octanol–water partition coefficient (Wildman–Crippen LogP) is 2.19. The van der Waals surface area contributed by atoms with Crippen molar-refractivity contribution in [3.05, 3.63) is 11.4 Å². The Balaban J connectivity index is 2.89. The summed E-state index contributed by atoms with van der Waals surface area (Å²) in [4.78, 5) is 10.9. The van der Waals surface area contributed by atoms with Crippen molar-refractivity contribution in [2.75, 3.05) is 0 Å². The Morgan fingerprint density at radius 1 is 1.33 bits per heavy atom. The molecule has 0 radical (unpaired) electrons. The van der Waals surface area contributed by atoms with E-state index in [2.05, 4.69) is 29.3 Å². The van der Waals surface area contributed by atoms with Gasteiger partial charge in [0.05, 0.1) is 0 Å². The zero-order valence-electron chi connectivity index (χ0n) is 9.16. The number of nitrogens with zero attached hydrogens (tertiary/aromatic N) is 2. The number of carboxylic acid groups (broad SMARTS) is 1. The van der Waals surface area contributed by atoms with Crippen molar-refractivity contribution in [2.24, 2.45) is 0 Å². The Hall–Kier alpha value is -1.39. The Morgan fingerprint density at radius 2 is 1.93 bits per heavy atom. The minimum atomic E-state index is -1.00. The number of aromatic nitrogens is 3. The first-order chi connectivity index (χ1) is 7.20. The molecule has 0 atom stereocenters. The number of aromatic amines is 1. The van der Waals surface area contributed by atoms with Crippen molar-refractivity contribution in [1.82, 2.24) is 15.4 Å². The molecule has 5 heteroatoms. The van der Waals surface area contributed by atoms with Gasteiger partial charge in [-0.15, -0.1) is 5.10 Å². The number of carboxylic acids is 1. The third-order valence-corrected chi connectivity index (χ3v) is 2.44. The quantitative estimate of drug-likeness (QED) is 0.755. The topological polar surface area (TPSA) is 78.9 Å². The van der Waals surface area contributed by atoms with Gasteiger partial charge in [0.2, 0.25) is 0 Å². The summed E-state index contributed by atoms with van der Waals surface area (Å²) in [7, 11) is 0. The fourth-order valence-electron chi connectivity index (χ4n) is 1.80. The van der Waals surface area contributed by atoms with Crippen LogP contribution >= 0.6 is 0 Å². The summed E-state index contributed by atoms with van der Waals surface area (Å²) in [6.45, 7) is 4.17. The van der Waals surface area contributed by atoms with Gasteiger partial charge in [-0.2, -0.15) is 10.3 Å². The zero-order valence-corrected chi connectivity index (χ0v) is 9.16. The van der Waals surface area contributed by atoms with Crippen molar-refractivity contribution in [2.45, 2.75) is 45.4 Å².